The second-order valence-electron chi connectivity index (χ2n) is 6.48. The van der Waals surface area contributed by atoms with Gasteiger partial charge in [-0.15, -0.1) is 0 Å². The molecule has 1 saturated carbocycles. The molecule has 1 nitrogen and oxygen atoms in total. The van der Waals surface area contributed by atoms with Gasteiger partial charge in [-0.05, 0) is 51.6 Å². The average molecular weight is 239 g/mol. The van der Waals surface area contributed by atoms with Crippen LogP contribution in [0, 0.1) is 11.8 Å². The topological polar surface area (TPSA) is 3.24 Å². The van der Waals surface area contributed by atoms with Gasteiger partial charge >= 0.3 is 0 Å². The highest BCUT2D eigenvalue weighted by Gasteiger charge is 2.17. The van der Waals surface area contributed by atoms with Crippen molar-refractivity contribution < 1.29 is 0 Å². The summed E-state index contributed by atoms with van der Waals surface area (Å²) in [5.74, 6) is 2.01. The fourth-order valence-corrected chi connectivity index (χ4v) is 3.06. The van der Waals surface area contributed by atoms with E-state index in [1.807, 2.05) is 0 Å². The third-order valence-electron chi connectivity index (χ3n) is 4.46. The molecule has 0 bridgehead atoms. The minimum Gasteiger partial charge on any atom is -0.301 e. The van der Waals surface area contributed by atoms with Crippen molar-refractivity contribution in [1.29, 1.82) is 0 Å². The Labute approximate surface area is 109 Å². The molecule has 0 atom stereocenters. The number of hydrogen-bond acceptors (Lipinski definition) is 1. The summed E-state index contributed by atoms with van der Waals surface area (Å²) in [7, 11) is 0. The van der Waals surface area contributed by atoms with E-state index in [0.29, 0.717) is 0 Å². The highest BCUT2D eigenvalue weighted by molar-refractivity contribution is 4.69. The smallest absolute Gasteiger partial charge is 0.00385 e. The molecular weight excluding hydrogens is 206 g/mol. The molecule has 2 aliphatic rings. The van der Waals surface area contributed by atoms with Crippen LogP contribution in [-0.4, -0.2) is 24.0 Å². The van der Waals surface area contributed by atoms with Crippen LogP contribution in [0.3, 0.4) is 0 Å². The second kappa shape index (κ2) is 8.13. The molecule has 0 aromatic heterocycles. The number of nitrogens with zero attached hydrogens (tertiary/aromatic N) is 1. The molecule has 0 spiro atoms. The zero-order valence-corrected chi connectivity index (χ0v) is 12.5. The molecular formula is C16H33N. The van der Waals surface area contributed by atoms with Crippen molar-refractivity contribution in [3.05, 3.63) is 0 Å². The van der Waals surface area contributed by atoms with Crippen LogP contribution in [0.2, 0.25) is 0 Å². The SMILES string of the molecule is CC(C)C1CCCC1.CC(C)N1CCCCC1. The minimum absolute atomic E-state index is 0.769. The lowest BCUT2D eigenvalue weighted by Crippen LogP contribution is -2.35. The zero-order valence-electron chi connectivity index (χ0n) is 12.5. The van der Waals surface area contributed by atoms with Crippen molar-refractivity contribution in [1.82, 2.24) is 4.90 Å². The van der Waals surface area contributed by atoms with Gasteiger partial charge in [-0.1, -0.05) is 46.0 Å². The number of hydrogen-bond donors (Lipinski definition) is 0. The molecule has 0 N–H and O–H groups in total. The van der Waals surface area contributed by atoms with Gasteiger partial charge in [-0.3, -0.25) is 0 Å². The highest BCUT2D eigenvalue weighted by Crippen LogP contribution is 2.30. The second-order valence-corrected chi connectivity index (χ2v) is 6.48. The summed E-state index contributed by atoms with van der Waals surface area (Å²) in [6.45, 7) is 11.9. The zero-order chi connectivity index (χ0) is 12.7. The van der Waals surface area contributed by atoms with E-state index >= 15 is 0 Å². The summed E-state index contributed by atoms with van der Waals surface area (Å²) in [5.41, 5.74) is 0. The summed E-state index contributed by atoms with van der Waals surface area (Å²) >= 11 is 0. The van der Waals surface area contributed by atoms with Gasteiger partial charge in [-0.2, -0.15) is 0 Å². The first-order valence-electron chi connectivity index (χ1n) is 7.85. The van der Waals surface area contributed by atoms with E-state index < -0.39 is 0 Å². The van der Waals surface area contributed by atoms with Crippen LogP contribution in [0.25, 0.3) is 0 Å². The Kier molecular flexibility index (Phi) is 7.18. The van der Waals surface area contributed by atoms with E-state index in [0.717, 1.165) is 17.9 Å². The molecule has 1 heteroatoms. The van der Waals surface area contributed by atoms with Crippen molar-refractivity contribution in [2.45, 2.75) is 78.7 Å². The molecule has 0 aromatic carbocycles. The largest absolute Gasteiger partial charge is 0.301 e. The Morgan fingerprint density at radius 1 is 0.765 bits per heavy atom. The lowest BCUT2D eigenvalue weighted by atomic mass is 9.95. The Balaban J connectivity index is 0.000000171. The standard InChI is InChI=1S/C8H17N.C8H16/c1-8(2)9-6-4-3-5-7-9;1-7(2)8-5-3-4-6-8/h8H,3-7H2,1-2H3;7-8H,3-6H2,1-2H3. The first kappa shape index (κ1) is 15.0. The van der Waals surface area contributed by atoms with Gasteiger partial charge in [0.2, 0.25) is 0 Å². The predicted molar refractivity (Wildman–Crippen MR) is 77.4 cm³/mol. The average Bonchev–Trinajstić information content (AvgIpc) is 2.84. The van der Waals surface area contributed by atoms with Gasteiger partial charge in [0.05, 0.1) is 0 Å². The predicted octanol–water partition coefficient (Wildman–Crippen LogP) is 4.71. The number of likely N-dealkylation sites (tertiary alicyclic amines) is 1. The van der Waals surface area contributed by atoms with Gasteiger partial charge in [0.1, 0.15) is 0 Å². The Morgan fingerprint density at radius 2 is 1.29 bits per heavy atom. The van der Waals surface area contributed by atoms with E-state index in [9.17, 15) is 0 Å². The van der Waals surface area contributed by atoms with Crippen molar-refractivity contribution in [2.24, 2.45) is 11.8 Å². The molecule has 1 aliphatic heterocycles. The van der Waals surface area contributed by atoms with Gasteiger partial charge in [-0.25, -0.2) is 0 Å². The van der Waals surface area contributed by atoms with Crippen LogP contribution >= 0.6 is 0 Å². The quantitative estimate of drug-likeness (QED) is 0.674. The molecule has 2 rings (SSSR count). The van der Waals surface area contributed by atoms with Gasteiger partial charge in [0.15, 0.2) is 0 Å². The maximum absolute atomic E-state index is 2.56. The third kappa shape index (κ3) is 5.90. The van der Waals surface area contributed by atoms with Crippen LogP contribution < -0.4 is 0 Å². The summed E-state index contributed by atoms with van der Waals surface area (Å²) < 4.78 is 0. The van der Waals surface area contributed by atoms with E-state index in [2.05, 4.69) is 32.6 Å². The summed E-state index contributed by atoms with van der Waals surface area (Å²) in [4.78, 5) is 2.56. The van der Waals surface area contributed by atoms with Gasteiger partial charge in [0, 0.05) is 6.04 Å². The fourth-order valence-electron chi connectivity index (χ4n) is 3.06. The van der Waals surface area contributed by atoms with Crippen LogP contribution in [-0.2, 0) is 0 Å². The molecule has 1 aliphatic carbocycles. The number of rotatable bonds is 2. The molecule has 2 fully saturated rings. The lowest BCUT2D eigenvalue weighted by Gasteiger charge is -2.29. The first-order valence-corrected chi connectivity index (χ1v) is 7.85. The van der Waals surface area contributed by atoms with Crippen LogP contribution in [0.1, 0.15) is 72.6 Å². The summed E-state index contributed by atoms with van der Waals surface area (Å²) in [6.07, 6.45) is 10.3. The molecule has 0 amide bonds. The maximum atomic E-state index is 2.56. The van der Waals surface area contributed by atoms with Gasteiger partial charge in [0.25, 0.3) is 0 Å². The van der Waals surface area contributed by atoms with E-state index in [1.165, 1.54) is 58.0 Å². The molecule has 17 heavy (non-hydrogen) atoms. The Morgan fingerprint density at radius 3 is 1.59 bits per heavy atom. The van der Waals surface area contributed by atoms with Crippen LogP contribution in [0.15, 0.2) is 0 Å². The maximum Gasteiger partial charge on any atom is 0.00385 e. The third-order valence-corrected chi connectivity index (χ3v) is 4.46. The number of piperidine rings is 1. The van der Waals surface area contributed by atoms with Crippen LogP contribution in [0.4, 0.5) is 0 Å². The first-order chi connectivity index (χ1) is 8.11. The van der Waals surface area contributed by atoms with Crippen molar-refractivity contribution >= 4 is 0 Å². The molecule has 102 valence electrons. The molecule has 0 radical (unpaired) electrons. The van der Waals surface area contributed by atoms with Crippen molar-refractivity contribution in [3.63, 3.8) is 0 Å². The lowest BCUT2D eigenvalue weighted by molar-refractivity contribution is 0.185. The Hall–Kier alpha value is -0.0400. The summed E-state index contributed by atoms with van der Waals surface area (Å²) in [5, 5.41) is 0. The normalized spacial score (nSPS) is 22.9. The van der Waals surface area contributed by atoms with Gasteiger partial charge < -0.3 is 4.90 Å². The Bertz CT molecular complexity index is 174. The van der Waals surface area contributed by atoms with Crippen molar-refractivity contribution in [3.8, 4) is 0 Å². The molecule has 1 heterocycles. The molecule has 0 unspecified atom stereocenters. The van der Waals surface area contributed by atoms with Crippen LogP contribution in [0.5, 0.6) is 0 Å². The van der Waals surface area contributed by atoms with E-state index in [4.69, 9.17) is 0 Å². The summed E-state index contributed by atoms with van der Waals surface area (Å²) in [6, 6.07) is 0.769. The van der Waals surface area contributed by atoms with E-state index in [-0.39, 0.29) is 0 Å². The van der Waals surface area contributed by atoms with Crippen molar-refractivity contribution in [2.75, 3.05) is 13.1 Å². The fraction of sp³-hybridized carbons (Fsp3) is 1.00. The van der Waals surface area contributed by atoms with E-state index in [1.54, 1.807) is 0 Å². The highest BCUT2D eigenvalue weighted by atomic mass is 15.1. The molecule has 0 aromatic rings. The minimum atomic E-state index is 0.769. The molecule has 1 saturated heterocycles. The monoisotopic (exact) mass is 239 g/mol.